The molecule has 0 unspecified atom stereocenters. The number of anilines is 1. The van der Waals surface area contributed by atoms with Crippen molar-refractivity contribution in [2.24, 2.45) is 5.84 Å². The molecule has 0 amide bonds. The van der Waals surface area contributed by atoms with E-state index in [2.05, 4.69) is 20.1 Å². The number of hydrogen-bond acceptors (Lipinski definition) is 7. The van der Waals surface area contributed by atoms with Gasteiger partial charge in [-0.1, -0.05) is 16.6 Å². The topological polar surface area (TPSA) is 119 Å². The predicted molar refractivity (Wildman–Crippen MR) is 75.6 cm³/mol. The van der Waals surface area contributed by atoms with E-state index in [1.165, 1.54) is 4.68 Å². The largest absolute Gasteiger partial charge is 0.313 e. The first-order chi connectivity index (χ1) is 9.70. The van der Waals surface area contributed by atoms with E-state index < -0.39 is 0 Å². The average Bonchev–Trinajstić information content (AvgIpc) is 2.92. The van der Waals surface area contributed by atoms with Gasteiger partial charge in [0.2, 0.25) is 0 Å². The zero-order valence-electron chi connectivity index (χ0n) is 10.2. The smallest absolute Gasteiger partial charge is 0.273 e. The van der Waals surface area contributed by atoms with Crippen LogP contribution in [0.5, 0.6) is 0 Å². The van der Waals surface area contributed by atoms with Crippen LogP contribution in [-0.2, 0) is 6.54 Å². The highest BCUT2D eigenvalue weighted by Gasteiger charge is 2.11. The zero-order chi connectivity index (χ0) is 14.1. The van der Waals surface area contributed by atoms with Gasteiger partial charge in [0.05, 0.1) is 17.3 Å². The van der Waals surface area contributed by atoms with Crippen LogP contribution in [0, 0.1) is 0 Å². The van der Waals surface area contributed by atoms with Gasteiger partial charge in [0.15, 0.2) is 0 Å². The van der Waals surface area contributed by atoms with Crippen LogP contribution in [0.3, 0.4) is 0 Å². The summed E-state index contributed by atoms with van der Waals surface area (Å²) in [5, 5.41) is 7.68. The highest BCUT2D eigenvalue weighted by Crippen LogP contribution is 2.16. The van der Waals surface area contributed by atoms with E-state index in [9.17, 15) is 9.59 Å². The molecule has 0 aliphatic rings. The van der Waals surface area contributed by atoms with Gasteiger partial charge < -0.3 is 5.43 Å². The van der Waals surface area contributed by atoms with Crippen molar-refractivity contribution < 1.29 is 0 Å². The van der Waals surface area contributed by atoms with Crippen molar-refractivity contribution in [3.63, 3.8) is 0 Å². The third-order valence-corrected chi connectivity index (χ3v) is 3.58. The number of aromatic nitrogens is 4. The number of benzene rings is 1. The van der Waals surface area contributed by atoms with Gasteiger partial charge in [0, 0.05) is 11.5 Å². The molecule has 0 bridgehead atoms. The minimum atomic E-state index is -0.328. The van der Waals surface area contributed by atoms with E-state index in [-0.39, 0.29) is 17.7 Å². The Morgan fingerprint density at radius 3 is 2.80 bits per heavy atom. The van der Waals surface area contributed by atoms with Crippen molar-refractivity contribution >= 4 is 27.3 Å². The Balaban J connectivity index is 2.16. The molecule has 8 nitrogen and oxygen atoms in total. The summed E-state index contributed by atoms with van der Waals surface area (Å²) in [6.45, 7) is 0.0922. The van der Waals surface area contributed by atoms with Gasteiger partial charge in [0.25, 0.3) is 11.1 Å². The van der Waals surface area contributed by atoms with Crippen LogP contribution in [-0.4, -0.2) is 19.4 Å². The summed E-state index contributed by atoms with van der Waals surface area (Å²) < 4.78 is 4.94. The molecule has 9 heteroatoms. The SMILES string of the molecule is NNc1snnc1Cn1[nH]c(=O)c2ccccc2c1=O. The summed E-state index contributed by atoms with van der Waals surface area (Å²) in [5.74, 6) is 5.33. The minimum Gasteiger partial charge on any atom is -0.313 e. The number of nitrogen functional groups attached to an aromatic ring is 1. The molecule has 20 heavy (non-hydrogen) atoms. The van der Waals surface area contributed by atoms with Gasteiger partial charge in [-0.15, -0.1) is 5.10 Å². The molecular weight excluding hydrogens is 280 g/mol. The molecule has 0 aliphatic heterocycles. The third-order valence-electron chi connectivity index (χ3n) is 2.88. The molecule has 0 atom stereocenters. The molecule has 4 N–H and O–H groups in total. The molecule has 1 aromatic carbocycles. The molecule has 2 aromatic heterocycles. The van der Waals surface area contributed by atoms with Crippen molar-refractivity contribution in [1.82, 2.24) is 19.4 Å². The van der Waals surface area contributed by atoms with Crippen LogP contribution in [0.1, 0.15) is 5.69 Å². The second kappa shape index (κ2) is 4.87. The summed E-state index contributed by atoms with van der Waals surface area (Å²) >= 11 is 1.08. The number of fused-ring (bicyclic) bond motifs is 1. The van der Waals surface area contributed by atoms with Crippen LogP contribution in [0.15, 0.2) is 33.9 Å². The van der Waals surface area contributed by atoms with Crippen LogP contribution in [0.25, 0.3) is 10.8 Å². The third kappa shape index (κ3) is 1.98. The van der Waals surface area contributed by atoms with Gasteiger partial charge in [-0.3, -0.25) is 14.7 Å². The van der Waals surface area contributed by atoms with E-state index in [1.54, 1.807) is 24.3 Å². The van der Waals surface area contributed by atoms with Gasteiger partial charge in [0.1, 0.15) is 10.7 Å². The summed E-state index contributed by atoms with van der Waals surface area (Å²) in [5.41, 5.74) is 2.32. The highest BCUT2D eigenvalue weighted by molar-refractivity contribution is 7.10. The molecule has 102 valence electrons. The standard InChI is InChI=1S/C11H10N6O2S/c12-13-10-8(14-16-20-10)5-17-11(19)7-4-2-1-3-6(7)9(18)15-17/h1-4,13H,5,12H2,(H,15,18). The molecule has 3 rings (SSSR count). The molecule has 2 heterocycles. The van der Waals surface area contributed by atoms with E-state index in [1.807, 2.05) is 0 Å². The minimum absolute atomic E-state index is 0.0922. The van der Waals surface area contributed by atoms with E-state index >= 15 is 0 Å². The number of nitrogens with zero attached hydrogens (tertiary/aromatic N) is 3. The summed E-state index contributed by atoms with van der Waals surface area (Å²) in [6.07, 6.45) is 0. The summed E-state index contributed by atoms with van der Waals surface area (Å²) in [7, 11) is 0. The first kappa shape index (κ1) is 12.5. The van der Waals surface area contributed by atoms with Crippen LogP contribution in [0.4, 0.5) is 5.00 Å². The maximum absolute atomic E-state index is 12.3. The molecule has 0 saturated heterocycles. The zero-order valence-corrected chi connectivity index (χ0v) is 11.0. The van der Waals surface area contributed by atoms with E-state index in [0.717, 1.165) is 11.5 Å². The van der Waals surface area contributed by atoms with Gasteiger partial charge in [-0.25, -0.2) is 10.5 Å². The normalized spacial score (nSPS) is 10.8. The highest BCUT2D eigenvalue weighted by atomic mass is 32.1. The van der Waals surface area contributed by atoms with E-state index in [4.69, 9.17) is 5.84 Å². The first-order valence-corrected chi connectivity index (χ1v) is 6.47. The number of hydrogen-bond donors (Lipinski definition) is 3. The molecule has 0 aliphatic carbocycles. The molecule has 0 spiro atoms. The number of aromatic amines is 1. The Morgan fingerprint density at radius 2 is 2.05 bits per heavy atom. The lowest BCUT2D eigenvalue weighted by Crippen LogP contribution is -2.30. The maximum Gasteiger partial charge on any atom is 0.273 e. The monoisotopic (exact) mass is 290 g/mol. The Kier molecular flexibility index (Phi) is 3.05. The number of hydrazine groups is 1. The van der Waals surface area contributed by atoms with Crippen molar-refractivity contribution in [2.75, 3.05) is 5.43 Å². The fourth-order valence-corrected chi connectivity index (χ4v) is 2.41. The van der Waals surface area contributed by atoms with Crippen LogP contribution in [0.2, 0.25) is 0 Å². The maximum atomic E-state index is 12.3. The van der Waals surface area contributed by atoms with Crippen molar-refractivity contribution in [3.05, 3.63) is 50.7 Å². The first-order valence-electron chi connectivity index (χ1n) is 5.70. The van der Waals surface area contributed by atoms with Crippen molar-refractivity contribution in [1.29, 1.82) is 0 Å². The number of nitrogens with two attached hydrogens (primary N) is 1. The second-order valence-electron chi connectivity index (χ2n) is 4.07. The Bertz CT molecular complexity index is 880. The van der Waals surface area contributed by atoms with E-state index in [0.29, 0.717) is 21.5 Å². The van der Waals surface area contributed by atoms with Crippen LogP contribution >= 0.6 is 11.5 Å². The lowest BCUT2D eigenvalue weighted by Gasteiger charge is -2.06. The van der Waals surface area contributed by atoms with Gasteiger partial charge >= 0.3 is 0 Å². The fourth-order valence-electron chi connectivity index (χ4n) is 1.93. The molecular formula is C11H10N6O2S. The molecule has 0 saturated carbocycles. The van der Waals surface area contributed by atoms with Gasteiger partial charge in [-0.05, 0) is 12.1 Å². The molecule has 0 radical (unpaired) electrons. The quantitative estimate of drug-likeness (QED) is 0.457. The molecule has 3 aromatic rings. The lowest BCUT2D eigenvalue weighted by molar-refractivity contribution is 0.625. The molecule has 0 fully saturated rings. The second-order valence-corrected chi connectivity index (χ2v) is 4.83. The van der Waals surface area contributed by atoms with Crippen molar-refractivity contribution in [2.45, 2.75) is 6.54 Å². The Labute approximate surface area is 116 Å². The van der Waals surface area contributed by atoms with Crippen LogP contribution < -0.4 is 22.4 Å². The lowest BCUT2D eigenvalue weighted by atomic mass is 10.2. The number of nitrogens with one attached hydrogen (secondary N) is 2. The average molecular weight is 290 g/mol. The van der Waals surface area contributed by atoms with Gasteiger partial charge in [-0.2, -0.15) is 0 Å². The fraction of sp³-hybridized carbons (Fsp3) is 0.0909. The van der Waals surface area contributed by atoms with Crippen molar-refractivity contribution in [3.8, 4) is 0 Å². The Morgan fingerprint density at radius 1 is 1.30 bits per heavy atom. The number of H-pyrrole nitrogens is 1. The Hall–Kier alpha value is -2.52. The predicted octanol–water partition coefficient (Wildman–Crippen LogP) is -0.125. The summed E-state index contributed by atoms with van der Waals surface area (Å²) in [4.78, 5) is 24.2. The summed E-state index contributed by atoms with van der Waals surface area (Å²) in [6, 6.07) is 6.65. The number of rotatable bonds is 3.